The molecule has 3 aromatic carbocycles. The van der Waals surface area contributed by atoms with Crippen molar-refractivity contribution in [3.63, 3.8) is 0 Å². The van der Waals surface area contributed by atoms with Crippen LogP contribution in [0, 0.1) is 0 Å². The van der Waals surface area contributed by atoms with E-state index in [2.05, 4.69) is 5.32 Å². The highest BCUT2D eigenvalue weighted by atomic mass is 35.5. The number of carbonyl (C=O) groups is 2. The molecule has 7 nitrogen and oxygen atoms in total. The van der Waals surface area contributed by atoms with Gasteiger partial charge in [0.25, 0.3) is 0 Å². The third-order valence-corrected chi connectivity index (χ3v) is 7.57. The summed E-state index contributed by atoms with van der Waals surface area (Å²) in [7, 11) is -3.94. The zero-order valence-corrected chi connectivity index (χ0v) is 24.9. The van der Waals surface area contributed by atoms with E-state index in [4.69, 9.17) is 34.8 Å². The predicted octanol–water partition coefficient (Wildman–Crippen LogP) is 5.58. The SMILES string of the molecule is CC(C)NC(=O)[C@H](Cc1ccccc1)N(Cc1cccc(Cl)c1)C(=O)CN(c1cc(Cl)cc(Cl)c1)S(C)(=O)=O. The van der Waals surface area contributed by atoms with E-state index >= 15 is 0 Å². The van der Waals surface area contributed by atoms with Gasteiger partial charge in [0.1, 0.15) is 12.6 Å². The summed E-state index contributed by atoms with van der Waals surface area (Å²) in [5.74, 6) is -0.947. The molecular formula is C28H30Cl3N3O4S. The van der Waals surface area contributed by atoms with Gasteiger partial charge in [-0.05, 0) is 55.3 Å². The molecule has 1 N–H and O–H groups in total. The Kier molecular flexibility index (Phi) is 10.7. The topological polar surface area (TPSA) is 86.8 Å². The molecule has 0 bridgehead atoms. The molecule has 3 aromatic rings. The molecule has 0 aromatic heterocycles. The number of sulfonamides is 1. The number of rotatable bonds is 11. The largest absolute Gasteiger partial charge is 0.352 e. The molecule has 0 saturated heterocycles. The van der Waals surface area contributed by atoms with Gasteiger partial charge in [-0.25, -0.2) is 8.42 Å². The second-order valence-electron chi connectivity index (χ2n) is 9.42. The maximum atomic E-state index is 14.0. The van der Waals surface area contributed by atoms with Crippen LogP contribution in [0.5, 0.6) is 0 Å². The van der Waals surface area contributed by atoms with E-state index < -0.39 is 28.5 Å². The minimum Gasteiger partial charge on any atom is -0.352 e. The first kappa shape index (κ1) is 30.8. The molecule has 208 valence electrons. The molecule has 0 fully saturated rings. The second-order valence-corrected chi connectivity index (χ2v) is 12.6. The highest BCUT2D eigenvalue weighted by molar-refractivity contribution is 7.92. The summed E-state index contributed by atoms with van der Waals surface area (Å²) in [6.45, 7) is 3.11. The monoisotopic (exact) mass is 609 g/mol. The molecule has 0 heterocycles. The summed E-state index contributed by atoms with van der Waals surface area (Å²) in [5, 5.41) is 3.80. The third kappa shape index (κ3) is 9.14. The number of nitrogens with zero attached hydrogens (tertiary/aromatic N) is 2. The maximum absolute atomic E-state index is 14.0. The average Bonchev–Trinajstić information content (AvgIpc) is 2.83. The lowest BCUT2D eigenvalue weighted by molar-refractivity contribution is -0.140. The van der Waals surface area contributed by atoms with Crippen LogP contribution in [0.2, 0.25) is 15.1 Å². The van der Waals surface area contributed by atoms with Crippen molar-refractivity contribution >= 4 is 62.3 Å². The van der Waals surface area contributed by atoms with Crippen molar-refractivity contribution < 1.29 is 18.0 Å². The maximum Gasteiger partial charge on any atom is 0.244 e. The first-order chi connectivity index (χ1) is 18.3. The van der Waals surface area contributed by atoms with Crippen LogP contribution in [0.1, 0.15) is 25.0 Å². The zero-order chi connectivity index (χ0) is 28.7. The van der Waals surface area contributed by atoms with Gasteiger partial charge in [-0.3, -0.25) is 13.9 Å². The van der Waals surface area contributed by atoms with Crippen molar-refractivity contribution in [2.75, 3.05) is 17.1 Å². The van der Waals surface area contributed by atoms with E-state index in [9.17, 15) is 18.0 Å². The molecule has 39 heavy (non-hydrogen) atoms. The van der Waals surface area contributed by atoms with E-state index in [-0.39, 0.29) is 40.6 Å². The van der Waals surface area contributed by atoms with Crippen molar-refractivity contribution in [1.29, 1.82) is 0 Å². The number of hydrogen-bond donors (Lipinski definition) is 1. The minimum atomic E-state index is -3.94. The van der Waals surface area contributed by atoms with Crippen LogP contribution in [0.25, 0.3) is 0 Å². The minimum absolute atomic E-state index is 0.0241. The molecule has 0 aliphatic rings. The van der Waals surface area contributed by atoms with Crippen LogP contribution < -0.4 is 9.62 Å². The number of hydrogen-bond acceptors (Lipinski definition) is 4. The van der Waals surface area contributed by atoms with E-state index in [0.717, 1.165) is 16.1 Å². The molecular weight excluding hydrogens is 581 g/mol. The Hall–Kier alpha value is -2.78. The Bertz CT molecular complexity index is 1400. The Morgan fingerprint density at radius 2 is 1.46 bits per heavy atom. The summed E-state index contributed by atoms with van der Waals surface area (Å²) in [4.78, 5) is 28.9. The highest BCUT2D eigenvalue weighted by Crippen LogP contribution is 2.27. The summed E-state index contributed by atoms with van der Waals surface area (Å²) < 4.78 is 26.6. The van der Waals surface area contributed by atoms with Gasteiger partial charge in [-0.2, -0.15) is 0 Å². The number of anilines is 1. The lowest BCUT2D eigenvalue weighted by Gasteiger charge is -2.34. The van der Waals surface area contributed by atoms with Gasteiger partial charge in [0.05, 0.1) is 11.9 Å². The van der Waals surface area contributed by atoms with Crippen molar-refractivity contribution in [3.8, 4) is 0 Å². The molecule has 1 atom stereocenters. The van der Waals surface area contributed by atoms with Crippen molar-refractivity contribution in [2.45, 2.75) is 38.9 Å². The molecule has 2 amide bonds. The average molecular weight is 611 g/mol. The lowest BCUT2D eigenvalue weighted by atomic mass is 10.0. The second kappa shape index (κ2) is 13.5. The van der Waals surface area contributed by atoms with Crippen LogP contribution in [0.4, 0.5) is 5.69 Å². The fourth-order valence-corrected chi connectivity index (χ4v) is 5.62. The molecule has 0 aliphatic heterocycles. The van der Waals surface area contributed by atoms with Gasteiger partial charge < -0.3 is 10.2 Å². The number of nitrogens with one attached hydrogen (secondary N) is 1. The van der Waals surface area contributed by atoms with E-state index in [1.807, 2.05) is 44.2 Å². The first-order valence-corrected chi connectivity index (χ1v) is 15.1. The zero-order valence-electron chi connectivity index (χ0n) is 21.8. The Labute approximate surface area is 244 Å². The third-order valence-electron chi connectivity index (χ3n) is 5.76. The molecule has 0 aliphatic carbocycles. The van der Waals surface area contributed by atoms with Crippen LogP contribution >= 0.6 is 34.8 Å². The fraction of sp³-hybridized carbons (Fsp3) is 0.286. The molecule has 3 rings (SSSR count). The Balaban J connectivity index is 2.07. The number of benzene rings is 3. The summed E-state index contributed by atoms with van der Waals surface area (Å²) >= 11 is 18.5. The quantitative estimate of drug-likeness (QED) is 0.307. The molecule has 11 heteroatoms. The first-order valence-electron chi connectivity index (χ1n) is 12.2. The Morgan fingerprint density at radius 1 is 0.846 bits per heavy atom. The standard InChI is InChI=1S/C28H30Cl3N3O4S/c1-19(2)32-28(36)26(13-20-8-5-4-6-9-20)33(17-21-10-7-11-22(29)12-21)27(35)18-34(39(3,37)38)25-15-23(30)14-24(31)16-25/h4-12,14-16,19,26H,13,17-18H2,1-3H3,(H,32,36)/t26-/m0/s1. The molecule has 0 radical (unpaired) electrons. The number of halogens is 3. The number of carbonyl (C=O) groups excluding carboxylic acids is 2. The van der Waals surface area contributed by atoms with E-state index in [1.54, 1.807) is 24.3 Å². The van der Waals surface area contributed by atoms with E-state index in [1.165, 1.54) is 23.1 Å². The Morgan fingerprint density at radius 3 is 2.03 bits per heavy atom. The van der Waals surface area contributed by atoms with Gasteiger partial charge in [0.2, 0.25) is 21.8 Å². The van der Waals surface area contributed by atoms with Gasteiger partial charge in [0.15, 0.2) is 0 Å². The van der Waals surface area contributed by atoms with Gasteiger partial charge in [-0.1, -0.05) is 77.3 Å². The van der Waals surface area contributed by atoms with Crippen molar-refractivity contribution in [3.05, 3.63) is 99.0 Å². The van der Waals surface area contributed by atoms with Crippen molar-refractivity contribution in [2.24, 2.45) is 0 Å². The van der Waals surface area contributed by atoms with Crippen LogP contribution in [-0.4, -0.2) is 50.0 Å². The number of amides is 2. The summed E-state index contributed by atoms with van der Waals surface area (Å²) in [6, 6.07) is 19.4. The van der Waals surface area contributed by atoms with Crippen LogP contribution in [0.15, 0.2) is 72.8 Å². The van der Waals surface area contributed by atoms with Crippen LogP contribution in [-0.2, 0) is 32.6 Å². The smallest absolute Gasteiger partial charge is 0.244 e. The molecule has 0 unspecified atom stereocenters. The van der Waals surface area contributed by atoms with Crippen molar-refractivity contribution in [1.82, 2.24) is 10.2 Å². The molecule has 0 spiro atoms. The van der Waals surface area contributed by atoms with Gasteiger partial charge in [-0.15, -0.1) is 0 Å². The normalized spacial score (nSPS) is 12.2. The van der Waals surface area contributed by atoms with Crippen LogP contribution in [0.3, 0.4) is 0 Å². The fourth-order valence-electron chi connectivity index (χ4n) is 4.06. The predicted molar refractivity (Wildman–Crippen MR) is 158 cm³/mol. The highest BCUT2D eigenvalue weighted by Gasteiger charge is 2.33. The van der Waals surface area contributed by atoms with E-state index in [0.29, 0.717) is 10.6 Å². The van der Waals surface area contributed by atoms with Gasteiger partial charge >= 0.3 is 0 Å². The lowest BCUT2D eigenvalue weighted by Crippen LogP contribution is -2.54. The summed E-state index contributed by atoms with van der Waals surface area (Å²) in [5.41, 5.74) is 1.66. The summed E-state index contributed by atoms with van der Waals surface area (Å²) in [6.07, 6.45) is 1.21. The van der Waals surface area contributed by atoms with Gasteiger partial charge in [0, 0.05) is 34.1 Å². The molecule has 0 saturated carbocycles.